The SMILES string of the molecule is Cl.Cl.NCCCCNC(=O)c1csc(-c2cc(Br)cs2)n1. The predicted octanol–water partition coefficient (Wildman–Crippen LogP) is 3.95. The van der Waals surface area contributed by atoms with Crippen LogP contribution < -0.4 is 11.1 Å². The summed E-state index contributed by atoms with van der Waals surface area (Å²) in [5.74, 6) is -0.116. The minimum Gasteiger partial charge on any atom is -0.351 e. The Morgan fingerprint density at radius 3 is 2.67 bits per heavy atom. The predicted molar refractivity (Wildman–Crippen MR) is 98.2 cm³/mol. The van der Waals surface area contributed by atoms with Gasteiger partial charge in [0, 0.05) is 21.8 Å². The van der Waals surface area contributed by atoms with Gasteiger partial charge in [0.25, 0.3) is 5.91 Å². The van der Waals surface area contributed by atoms with E-state index in [0.717, 1.165) is 27.2 Å². The van der Waals surface area contributed by atoms with E-state index in [1.54, 1.807) is 16.7 Å². The molecule has 0 aliphatic rings. The van der Waals surface area contributed by atoms with Gasteiger partial charge in [-0.15, -0.1) is 47.5 Å². The third-order valence-electron chi connectivity index (χ3n) is 2.43. The molecule has 0 saturated carbocycles. The van der Waals surface area contributed by atoms with Gasteiger partial charge >= 0.3 is 0 Å². The Hall–Kier alpha value is -0.180. The molecule has 3 N–H and O–H groups in total. The largest absolute Gasteiger partial charge is 0.351 e. The second-order valence-electron chi connectivity index (χ2n) is 3.92. The molecule has 2 aromatic heterocycles. The number of carbonyl (C=O) groups is 1. The lowest BCUT2D eigenvalue weighted by atomic mass is 10.3. The number of hydrogen-bond acceptors (Lipinski definition) is 5. The van der Waals surface area contributed by atoms with Crippen molar-refractivity contribution < 1.29 is 4.79 Å². The molecule has 21 heavy (non-hydrogen) atoms. The van der Waals surface area contributed by atoms with Crippen LogP contribution >= 0.6 is 63.4 Å². The summed E-state index contributed by atoms with van der Waals surface area (Å²) in [4.78, 5) is 17.3. The Morgan fingerprint density at radius 1 is 1.29 bits per heavy atom. The van der Waals surface area contributed by atoms with Crippen molar-refractivity contribution in [3.63, 3.8) is 0 Å². The molecule has 2 heterocycles. The van der Waals surface area contributed by atoms with Gasteiger partial charge in [0.05, 0.1) is 4.88 Å². The lowest BCUT2D eigenvalue weighted by molar-refractivity contribution is 0.0949. The van der Waals surface area contributed by atoms with Crippen LogP contribution in [0.4, 0.5) is 0 Å². The van der Waals surface area contributed by atoms with Crippen LogP contribution in [0, 0.1) is 0 Å². The maximum Gasteiger partial charge on any atom is 0.270 e. The van der Waals surface area contributed by atoms with Crippen LogP contribution in [0.15, 0.2) is 21.3 Å². The van der Waals surface area contributed by atoms with E-state index in [4.69, 9.17) is 5.73 Å². The van der Waals surface area contributed by atoms with Crippen LogP contribution in [0.25, 0.3) is 9.88 Å². The summed E-state index contributed by atoms with van der Waals surface area (Å²) in [5, 5.41) is 7.52. The molecule has 0 aromatic carbocycles. The van der Waals surface area contributed by atoms with E-state index in [1.807, 2.05) is 11.4 Å². The number of thiazole rings is 1. The molecule has 0 aliphatic heterocycles. The molecule has 0 saturated heterocycles. The van der Waals surface area contributed by atoms with Gasteiger partial charge in [-0.05, 0) is 41.4 Å². The average molecular weight is 433 g/mol. The van der Waals surface area contributed by atoms with Crippen LogP contribution in [0.2, 0.25) is 0 Å². The summed E-state index contributed by atoms with van der Waals surface area (Å²) in [7, 11) is 0. The monoisotopic (exact) mass is 431 g/mol. The van der Waals surface area contributed by atoms with Crippen LogP contribution in [-0.4, -0.2) is 24.0 Å². The van der Waals surface area contributed by atoms with E-state index in [1.165, 1.54) is 11.3 Å². The summed E-state index contributed by atoms with van der Waals surface area (Å²) < 4.78 is 1.04. The van der Waals surface area contributed by atoms with Gasteiger partial charge in [-0.1, -0.05) is 0 Å². The van der Waals surface area contributed by atoms with E-state index in [-0.39, 0.29) is 30.7 Å². The molecule has 4 nitrogen and oxygen atoms in total. The summed E-state index contributed by atoms with van der Waals surface area (Å²) in [6.07, 6.45) is 1.82. The molecule has 0 bridgehead atoms. The fraction of sp³-hybridized carbons (Fsp3) is 0.333. The second kappa shape index (κ2) is 10.5. The standard InChI is InChI=1S/C12H14BrN3OS2.2ClH/c13-8-5-10(18-6-8)12-16-9(7-19-12)11(17)15-4-2-1-3-14;;/h5-7H,1-4,14H2,(H,15,17);2*1H. The zero-order valence-corrected chi connectivity index (χ0v) is 15.9. The van der Waals surface area contributed by atoms with Gasteiger partial charge in [-0.2, -0.15) is 0 Å². The average Bonchev–Trinajstić information content (AvgIpc) is 3.02. The number of unbranched alkanes of at least 4 members (excludes halogenated alkanes) is 1. The van der Waals surface area contributed by atoms with Crippen LogP contribution in [0.5, 0.6) is 0 Å². The van der Waals surface area contributed by atoms with Crippen molar-refractivity contribution in [2.45, 2.75) is 12.8 Å². The third kappa shape index (κ3) is 6.22. The highest BCUT2D eigenvalue weighted by molar-refractivity contribution is 9.10. The van der Waals surface area contributed by atoms with E-state index < -0.39 is 0 Å². The quantitative estimate of drug-likeness (QED) is 0.679. The summed E-state index contributed by atoms with van der Waals surface area (Å²) in [6.45, 7) is 1.30. The highest BCUT2D eigenvalue weighted by Crippen LogP contribution is 2.31. The smallest absolute Gasteiger partial charge is 0.270 e. The molecule has 2 aromatic rings. The summed E-state index contributed by atoms with van der Waals surface area (Å²) >= 11 is 6.51. The number of aromatic nitrogens is 1. The van der Waals surface area contributed by atoms with Gasteiger partial charge < -0.3 is 11.1 Å². The Balaban J connectivity index is 0.00000200. The fourth-order valence-corrected chi connectivity index (χ4v) is 3.79. The lowest BCUT2D eigenvalue weighted by Gasteiger charge is -2.01. The molecule has 0 aliphatic carbocycles. The summed E-state index contributed by atoms with van der Waals surface area (Å²) in [5.41, 5.74) is 5.88. The molecular weight excluding hydrogens is 417 g/mol. The number of nitrogens with two attached hydrogens (primary N) is 1. The highest BCUT2D eigenvalue weighted by atomic mass is 79.9. The lowest BCUT2D eigenvalue weighted by Crippen LogP contribution is -2.25. The molecule has 0 radical (unpaired) electrons. The zero-order chi connectivity index (χ0) is 13.7. The van der Waals surface area contributed by atoms with Crippen molar-refractivity contribution in [3.05, 3.63) is 27.0 Å². The maximum absolute atomic E-state index is 11.9. The number of amides is 1. The van der Waals surface area contributed by atoms with Gasteiger partial charge in [-0.25, -0.2) is 4.98 Å². The first-order chi connectivity index (χ1) is 9.20. The maximum atomic E-state index is 11.9. The van der Waals surface area contributed by atoms with E-state index >= 15 is 0 Å². The van der Waals surface area contributed by atoms with Crippen molar-refractivity contribution in [1.82, 2.24) is 10.3 Å². The molecule has 9 heteroatoms. The Kier molecular flexibility index (Phi) is 10.4. The van der Waals surface area contributed by atoms with Crippen LogP contribution in [-0.2, 0) is 0 Å². The number of thiophene rings is 1. The molecule has 1 amide bonds. The second-order valence-corrected chi connectivity index (χ2v) is 6.60. The number of rotatable bonds is 6. The third-order valence-corrected chi connectivity index (χ3v) is 5.13. The molecule has 118 valence electrons. The molecule has 0 unspecified atom stereocenters. The minimum atomic E-state index is -0.116. The van der Waals surface area contributed by atoms with Gasteiger partial charge in [0.2, 0.25) is 0 Å². The normalized spacial score (nSPS) is 9.62. The van der Waals surface area contributed by atoms with Crippen molar-refractivity contribution >= 4 is 69.3 Å². The van der Waals surface area contributed by atoms with Crippen LogP contribution in [0.1, 0.15) is 23.3 Å². The fourth-order valence-electron chi connectivity index (χ4n) is 1.48. The molecule has 0 atom stereocenters. The number of nitrogens with zero attached hydrogens (tertiary/aromatic N) is 1. The Bertz CT molecular complexity index is 562. The van der Waals surface area contributed by atoms with Crippen molar-refractivity contribution in [1.29, 1.82) is 0 Å². The van der Waals surface area contributed by atoms with Gasteiger partial charge in [-0.3, -0.25) is 4.79 Å². The number of halogens is 3. The number of carbonyl (C=O) groups excluding carboxylic acids is 1. The van der Waals surface area contributed by atoms with Crippen molar-refractivity contribution in [3.8, 4) is 9.88 Å². The Morgan fingerprint density at radius 2 is 2.05 bits per heavy atom. The first-order valence-corrected chi connectivity index (χ1v) is 8.44. The van der Waals surface area contributed by atoms with Gasteiger partial charge in [0.1, 0.15) is 10.7 Å². The zero-order valence-electron chi connectivity index (χ0n) is 11.0. The molecule has 0 fully saturated rings. The minimum absolute atomic E-state index is 0. The van der Waals surface area contributed by atoms with Crippen molar-refractivity contribution in [2.75, 3.05) is 13.1 Å². The Labute approximate surface area is 152 Å². The van der Waals surface area contributed by atoms with Crippen LogP contribution in [0.3, 0.4) is 0 Å². The van der Waals surface area contributed by atoms with E-state index in [0.29, 0.717) is 18.8 Å². The number of hydrogen-bond donors (Lipinski definition) is 2. The van der Waals surface area contributed by atoms with E-state index in [2.05, 4.69) is 26.2 Å². The first kappa shape index (κ1) is 20.8. The summed E-state index contributed by atoms with van der Waals surface area (Å²) in [6, 6.07) is 2.01. The van der Waals surface area contributed by atoms with Gasteiger partial charge in [0.15, 0.2) is 0 Å². The first-order valence-electron chi connectivity index (χ1n) is 5.89. The van der Waals surface area contributed by atoms with E-state index in [9.17, 15) is 4.79 Å². The molecule has 2 rings (SSSR count). The number of nitrogens with one attached hydrogen (secondary N) is 1. The molecule has 0 spiro atoms. The molecular formula is C12H16BrCl2N3OS2. The highest BCUT2D eigenvalue weighted by Gasteiger charge is 2.12. The van der Waals surface area contributed by atoms with Crippen molar-refractivity contribution in [2.24, 2.45) is 5.73 Å². The topological polar surface area (TPSA) is 68.0 Å².